The van der Waals surface area contributed by atoms with Crippen LogP contribution in [-0.4, -0.2) is 9.97 Å². The van der Waals surface area contributed by atoms with Crippen LogP contribution in [-0.2, 0) is 0 Å². The maximum atomic E-state index is 13.4. The number of nitrogen functional groups attached to an aromatic ring is 1. The molecule has 0 aliphatic rings. The molecule has 0 saturated carbocycles. The zero-order valence-corrected chi connectivity index (χ0v) is 9.52. The Morgan fingerprint density at radius 1 is 0.950 bits per heavy atom. The van der Waals surface area contributed by atoms with E-state index in [2.05, 4.69) is 9.97 Å². The van der Waals surface area contributed by atoms with Crippen molar-refractivity contribution in [2.45, 2.75) is 0 Å². The Morgan fingerprint density at radius 2 is 1.55 bits per heavy atom. The molecule has 0 fully saturated rings. The summed E-state index contributed by atoms with van der Waals surface area (Å²) in [5.41, 5.74) is 0.748. The standard InChI is InChI=1S/C10H6F5N5/c11-3-1-4(12)7(15)8(6(3)14)18-9-5(13)2-17-10(19-9)20-16/h1-2H,16H2,(H2,17,18,19,20). The van der Waals surface area contributed by atoms with Gasteiger partial charge in [0, 0.05) is 6.07 Å². The van der Waals surface area contributed by atoms with E-state index >= 15 is 0 Å². The first-order chi connectivity index (χ1) is 9.43. The summed E-state index contributed by atoms with van der Waals surface area (Å²) in [5.74, 6) is -3.83. The van der Waals surface area contributed by atoms with Crippen LogP contribution in [0.25, 0.3) is 0 Å². The maximum absolute atomic E-state index is 13.4. The summed E-state index contributed by atoms with van der Waals surface area (Å²) in [4.78, 5) is 6.80. The number of benzene rings is 1. The zero-order chi connectivity index (χ0) is 14.9. The molecule has 0 amide bonds. The Kier molecular flexibility index (Phi) is 3.66. The first-order valence-corrected chi connectivity index (χ1v) is 5.03. The van der Waals surface area contributed by atoms with Gasteiger partial charge >= 0.3 is 0 Å². The number of rotatable bonds is 3. The lowest BCUT2D eigenvalue weighted by atomic mass is 10.2. The molecular formula is C10H6F5N5. The second kappa shape index (κ2) is 5.25. The van der Waals surface area contributed by atoms with Crippen molar-refractivity contribution in [3.05, 3.63) is 41.3 Å². The van der Waals surface area contributed by atoms with Crippen LogP contribution in [0.4, 0.5) is 39.4 Å². The zero-order valence-electron chi connectivity index (χ0n) is 9.52. The smallest absolute Gasteiger partial charge is 0.239 e. The van der Waals surface area contributed by atoms with Crippen LogP contribution in [0.15, 0.2) is 12.3 Å². The second-order valence-electron chi connectivity index (χ2n) is 3.50. The quantitative estimate of drug-likeness (QED) is 0.350. The Labute approximate surface area is 108 Å². The number of hydrogen-bond acceptors (Lipinski definition) is 5. The third kappa shape index (κ3) is 2.45. The van der Waals surface area contributed by atoms with E-state index in [9.17, 15) is 22.0 Å². The molecule has 1 aromatic carbocycles. The predicted molar refractivity (Wildman–Crippen MR) is 59.4 cm³/mol. The molecule has 0 bridgehead atoms. The molecule has 0 aliphatic carbocycles. The molecule has 0 saturated heterocycles. The molecule has 0 unspecified atom stereocenters. The van der Waals surface area contributed by atoms with Gasteiger partial charge in [0.2, 0.25) is 5.95 Å². The van der Waals surface area contributed by atoms with Crippen LogP contribution >= 0.6 is 0 Å². The summed E-state index contributed by atoms with van der Waals surface area (Å²) < 4.78 is 66.1. The van der Waals surface area contributed by atoms with E-state index in [1.807, 2.05) is 10.7 Å². The van der Waals surface area contributed by atoms with Gasteiger partial charge in [-0.2, -0.15) is 4.98 Å². The molecule has 0 atom stereocenters. The number of nitrogens with two attached hydrogens (primary N) is 1. The number of hydrazine groups is 1. The number of halogens is 5. The summed E-state index contributed by atoms with van der Waals surface area (Å²) in [6.45, 7) is 0. The molecule has 1 aromatic heterocycles. The lowest BCUT2D eigenvalue weighted by Gasteiger charge is -2.10. The monoisotopic (exact) mass is 291 g/mol. The van der Waals surface area contributed by atoms with Crippen molar-refractivity contribution in [3.8, 4) is 0 Å². The number of hydrogen-bond donors (Lipinski definition) is 3. The fourth-order valence-electron chi connectivity index (χ4n) is 1.33. The van der Waals surface area contributed by atoms with E-state index in [-0.39, 0.29) is 12.0 Å². The summed E-state index contributed by atoms with van der Waals surface area (Å²) in [6, 6.07) is 0.0268. The summed E-state index contributed by atoms with van der Waals surface area (Å²) in [7, 11) is 0. The minimum absolute atomic E-state index is 0.0268. The van der Waals surface area contributed by atoms with Gasteiger partial charge in [-0.3, -0.25) is 5.43 Å². The Morgan fingerprint density at radius 3 is 2.10 bits per heavy atom. The van der Waals surface area contributed by atoms with E-state index in [0.717, 1.165) is 0 Å². The highest BCUT2D eigenvalue weighted by Gasteiger charge is 2.21. The van der Waals surface area contributed by atoms with Gasteiger partial charge < -0.3 is 5.32 Å². The van der Waals surface area contributed by atoms with Crippen molar-refractivity contribution in [2.24, 2.45) is 5.84 Å². The van der Waals surface area contributed by atoms with E-state index < -0.39 is 40.6 Å². The largest absolute Gasteiger partial charge is 0.333 e. The van der Waals surface area contributed by atoms with Gasteiger partial charge in [-0.25, -0.2) is 32.8 Å². The van der Waals surface area contributed by atoms with E-state index in [1.54, 1.807) is 0 Å². The summed E-state index contributed by atoms with van der Waals surface area (Å²) >= 11 is 0. The fourth-order valence-corrected chi connectivity index (χ4v) is 1.33. The maximum Gasteiger partial charge on any atom is 0.239 e. The van der Waals surface area contributed by atoms with Crippen molar-refractivity contribution >= 4 is 17.5 Å². The van der Waals surface area contributed by atoms with Gasteiger partial charge in [0.15, 0.2) is 34.9 Å². The van der Waals surface area contributed by atoms with Crippen molar-refractivity contribution < 1.29 is 22.0 Å². The van der Waals surface area contributed by atoms with Gasteiger partial charge in [-0.15, -0.1) is 0 Å². The number of nitrogens with zero attached hydrogens (tertiary/aromatic N) is 2. The van der Waals surface area contributed by atoms with Crippen molar-refractivity contribution in [1.29, 1.82) is 0 Å². The van der Waals surface area contributed by atoms with Crippen LogP contribution in [0.1, 0.15) is 0 Å². The van der Waals surface area contributed by atoms with Crippen LogP contribution in [0, 0.1) is 29.1 Å². The third-order valence-corrected chi connectivity index (χ3v) is 2.23. The Balaban J connectivity index is 2.50. The molecule has 0 aliphatic heterocycles. The highest BCUT2D eigenvalue weighted by Crippen LogP contribution is 2.27. The summed E-state index contributed by atoms with van der Waals surface area (Å²) in [5, 5.41) is 1.81. The average Bonchev–Trinajstić information content (AvgIpc) is 2.43. The molecule has 2 rings (SSSR count). The molecular weight excluding hydrogens is 285 g/mol. The van der Waals surface area contributed by atoms with Crippen molar-refractivity contribution in [3.63, 3.8) is 0 Å². The molecule has 106 valence electrons. The van der Waals surface area contributed by atoms with Crippen LogP contribution in [0.2, 0.25) is 0 Å². The Hall–Kier alpha value is -2.49. The topological polar surface area (TPSA) is 75.9 Å². The number of nitrogens with one attached hydrogen (secondary N) is 2. The van der Waals surface area contributed by atoms with Crippen LogP contribution in [0.3, 0.4) is 0 Å². The summed E-state index contributed by atoms with van der Waals surface area (Å²) in [6.07, 6.45) is 0.649. The lowest BCUT2D eigenvalue weighted by molar-refractivity contribution is 0.459. The fraction of sp³-hybridized carbons (Fsp3) is 0. The highest BCUT2D eigenvalue weighted by molar-refractivity contribution is 5.59. The van der Waals surface area contributed by atoms with Crippen LogP contribution in [0.5, 0.6) is 0 Å². The minimum Gasteiger partial charge on any atom is -0.333 e. The minimum atomic E-state index is -1.72. The molecule has 20 heavy (non-hydrogen) atoms. The molecule has 10 heteroatoms. The van der Waals surface area contributed by atoms with Gasteiger partial charge in [0.25, 0.3) is 0 Å². The molecule has 2 aromatic rings. The van der Waals surface area contributed by atoms with Gasteiger partial charge in [0.05, 0.1) is 6.20 Å². The average molecular weight is 291 g/mol. The van der Waals surface area contributed by atoms with Gasteiger partial charge in [-0.1, -0.05) is 0 Å². The number of anilines is 3. The molecule has 0 spiro atoms. The third-order valence-electron chi connectivity index (χ3n) is 2.23. The van der Waals surface area contributed by atoms with Crippen molar-refractivity contribution in [2.75, 3.05) is 10.7 Å². The molecule has 1 heterocycles. The number of aromatic nitrogens is 2. The highest BCUT2D eigenvalue weighted by atomic mass is 19.2. The van der Waals surface area contributed by atoms with E-state index in [1.165, 1.54) is 0 Å². The first-order valence-electron chi connectivity index (χ1n) is 5.03. The molecule has 4 N–H and O–H groups in total. The normalized spacial score (nSPS) is 10.5. The van der Waals surface area contributed by atoms with Crippen LogP contribution < -0.4 is 16.6 Å². The van der Waals surface area contributed by atoms with E-state index in [0.29, 0.717) is 6.20 Å². The first kappa shape index (κ1) is 13.9. The van der Waals surface area contributed by atoms with Crippen molar-refractivity contribution in [1.82, 2.24) is 9.97 Å². The second-order valence-corrected chi connectivity index (χ2v) is 3.50. The predicted octanol–water partition coefficient (Wildman–Crippen LogP) is 2.20. The molecule has 5 nitrogen and oxygen atoms in total. The van der Waals surface area contributed by atoms with Gasteiger partial charge in [0.1, 0.15) is 5.69 Å². The Bertz CT molecular complexity index is 637. The lowest BCUT2D eigenvalue weighted by Crippen LogP contribution is -2.12. The SMILES string of the molecule is NNc1ncc(F)c(Nc2c(F)c(F)cc(F)c2F)n1. The van der Waals surface area contributed by atoms with Gasteiger partial charge in [-0.05, 0) is 0 Å². The van der Waals surface area contributed by atoms with E-state index in [4.69, 9.17) is 5.84 Å². The molecule has 0 radical (unpaired) electrons.